The Bertz CT molecular complexity index is 718. The highest BCUT2D eigenvalue weighted by atomic mass is 16.5. The molecule has 1 aromatic heterocycles. The first-order chi connectivity index (χ1) is 13.2. The minimum Gasteiger partial charge on any atom is -0.376 e. The zero-order chi connectivity index (χ0) is 18.9. The van der Waals surface area contributed by atoms with E-state index < -0.39 is 0 Å². The van der Waals surface area contributed by atoms with Crippen LogP contribution in [0.2, 0.25) is 0 Å². The molecule has 7 heteroatoms. The van der Waals surface area contributed by atoms with Gasteiger partial charge in [0.2, 0.25) is 0 Å². The number of hydrogen-bond donors (Lipinski definition) is 2. The summed E-state index contributed by atoms with van der Waals surface area (Å²) in [6, 6.07) is 8.49. The van der Waals surface area contributed by atoms with Crippen LogP contribution >= 0.6 is 0 Å². The minimum absolute atomic E-state index is 0.279. The third-order valence-corrected chi connectivity index (χ3v) is 4.72. The second-order valence-electron chi connectivity index (χ2n) is 6.89. The molecule has 1 fully saturated rings. The van der Waals surface area contributed by atoms with Crippen molar-refractivity contribution >= 4 is 5.96 Å². The molecule has 1 unspecified atom stereocenters. The standard InChI is InChI=1S/C20H30N6O/c1-3-19-25-24-15-26(19)11-10-21-20(23-14-18-5-4-12-27-18)22-13-17-8-6-16(2)7-9-17/h6-9,15,18H,3-5,10-14H2,1-2H3,(H2,21,22,23). The Hall–Kier alpha value is -2.41. The van der Waals surface area contributed by atoms with E-state index in [4.69, 9.17) is 9.73 Å². The van der Waals surface area contributed by atoms with Gasteiger partial charge in [-0.25, -0.2) is 4.99 Å². The van der Waals surface area contributed by atoms with Crippen molar-refractivity contribution in [2.75, 3.05) is 19.7 Å². The van der Waals surface area contributed by atoms with Crippen molar-refractivity contribution in [3.05, 3.63) is 47.5 Å². The van der Waals surface area contributed by atoms with Gasteiger partial charge in [-0.05, 0) is 25.3 Å². The lowest BCUT2D eigenvalue weighted by Crippen LogP contribution is -2.42. The van der Waals surface area contributed by atoms with E-state index in [2.05, 4.69) is 63.5 Å². The molecule has 0 spiro atoms. The molecular weight excluding hydrogens is 340 g/mol. The number of aryl methyl sites for hydroxylation is 2. The van der Waals surface area contributed by atoms with Gasteiger partial charge in [0.25, 0.3) is 0 Å². The highest BCUT2D eigenvalue weighted by molar-refractivity contribution is 5.79. The third kappa shape index (κ3) is 6.06. The fourth-order valence-electron chi connectivity index (χ4n) is 3.09. The number of nitrogens with zero attached hydrogens (tertiary/aromatic N) is 4. The average Bonchev–Trinajstić information content (AvgIpc) is 3.36. The van der Waals surface area contributed by atoms with Crippen LogP contribution in [0.4, 0.5) is 0 Å². The third-order valence-electron chi connectivity index (χ3n) is 4.72. The molecule has 0 saturated carbocycles. The summed E-state index contributed by atoms with van der Waals surface area (Å²) in [5, 5.41) is 15.0. The zero-order valence-corrected chi connectivity index (χ0v) is 16.3. The van der Waals surface area contributed by atoms with Crippen LogP contribution in [0.5, 0.6) is 0 Å². The average molecular weight is 371 g/mol. The number of guanidine groups is 1. The second kappa shape index (κ2) is 10.1. The van der Waals surface area contributed by atoms with Crippen molar-refractivity contribution in [1.82, 2.24) is 25.4 Å². The van der Waals surface area contributed by atoms with Crippen molar-refractivity contribution in [3.8, 4) is 0 Å². The van der Waals surface area contributed by atoms with Crippen LogP contribution in [0.25, 0.3) is 0 Å². The molecule has 146 valence electrons. The molecule has 3 rings (SSSR count). The number of ether oxygens (including phenoxy) is 1. The molecule has 1 aliphatic heterocycles. The fraction of sp³-hybridized carbons (Fsp3) is 0.550. The highest BCUT2D eigenvalue weighted by Gasteiger charge is 2.15. The number of rotatable bonds is 8. The van der Waals surface area contributed by atoms with Crippen LogP contribution in [0.1, 0.15) is 36.7 Å². The molecular formula is C20H30N6O. The lowest BCUT2D eigenvalue weighted by Gasteiger charge is -2.16. The maximum atomic E-state index is 5.71. The molecule has 1 atom stereocenters. The molecule has 2 N–H and O–H groups in total. The van der Waals surface area contributed by atoms with Crippen molar-refractivity contribution in [2.45, 2.75) is 52.3 Å². The Morgan fingerprint density at radius 2 is 2.15 bits per heavy atom. The lowest BCUT2D eigenvalue weighted by atomic mass is 10.1. The van der Waals surface area contributed by atoms with Crippen LogP contribution in [-0.2, 0) is 24.2 Å². The Kier molecular flexibility index (Phi) is 7.21. The predicted octanol–water partition coefficient (Wildman–Crippen LogP) is 2.06. The van der Waals surface area contributed by atoms with E-state index in [9.17, 15) is 0 Å². The highest BCUT2D eigenvalue weighted by Crippen LogP contribution is 2.10. The number of benzene rings is 1. The molecule has 2 aromatic rings. The Morgan fingerprint density at radius 1 is 1.30 bits per heavy atom. The molecule has 7 nitrogen and oxygen atoms in total. The van der Waals surface area contributed by atoms with Crippen molar-refractivity contribution in [2.24, 2.45) is 4.99 Å². The Balaban J connectivity index is 1.55. The first-order valence-corrected chi connectivity index (χ1v) is 9.80. The van der Waals surface area contributed by atoms with E-state index >= 15 is 0 Å². The first-order valence-electron chi connectivity index (χ1n) is 9.80. The zero-order valence-electron chi connectivity index (χ0n) is 16.3. The normalized spacial score (nSPS) is 17.3. The number of hydrogen-bond acceptors (Lipinski definition) is 4. The van der Waals surface area contributed by atoms with E-state index in [0.717, 1.165) is 57.3 Å². The monoisotopic (exact) mass is 370 g/mol. The molecule has 2 heterocycles. The molecule has 27 heavy (non-hydrogen) atoms. The summed E-state index contributed by atoms with van der Waals surface area (Å²) in [6.07, 6.45) is 5.19. The quantitative estimate of drug-likeness (QED) is 0.549. The summed E-state index contributed by atoms with van der Waals surface area (Å²) in [6.45, 7) is 8.05. The smallest absolute Gasteiger partial charge is 0.191 e. The SMILES string of the molecule is CCc1nncn1CCNC(=NCc1ccc(C)cc1)NCC1CCCO1. The molecule has 1 aromatic carbocycles. The summed E-state index contributed by atoms with van der Waals surface area (Å²) >= 11 is 0. The second-order valence-corrected chi connectivity index (χ2v) is 6.89. The van der Waals surface area contributed by atoms with Crippen LogP contribution in [0, 0.1) is 6.92 Å². The molecule has 0 amide bonds. The summed E-state index contributed by atoms with van der Waals surface area (Å²) in [4.78, 5) is 4.74. The number of aliphatic imine (C=N–C) groups is 1. The van der Waals surface area contributed by atoms with E-state index in [1.807, 2.05) is 0 Å². The summed E-state index contributed by atoms with van der Waals surface area (Å²) in [5.41, 5.74) is 2.46. The predicted molar refractivity (Wildman–Crippen MR) is 107 cm³/mol. The summed E-state index contributed by atoms with van der Waals surface area (Å²) in [5.74, 6) is 1.82. The van der Waals surface area contributed by atoms with Gasteiger partial charge in [-0.15, -0.1) is 10.2 Å². The Labute approximate surface area is 161 Å². The van der Waals surface area contributed by atoms with Gasteiger partial charge in [-0.3, -0.25) is 0 Å². The lowest BCUT2D eigenvalue weighted by molar-refractivity contribution is 0.114. The van der Waals surface area contributed by atoms with E-state index in [-0.39, 0.29) is 6.10 Å². The molecule has 0 bridgehead atoms. The van der Waals surface area contributed by atoms with E-state index in [1.54, 1.807) is 6.33 Å². The van der Waals surface area contributed by atoms with Gasteiger partial charge in [0.1, 0.15) is 12.2 Å². The van der Waals surface area contributed by atoms with Gasteiger partial charge in [0.05, 0.1) is 12.6 Å². The molecule has 0 radical (unpaired) electrons. The van der Waals surface area contributed by atoms with E-state index in [0.29, 0.717) is 6.54 Å². The van der Waals surface area contributed by atoms with Crippen LogP contribution in [-0.4, -0.2) is 46.5 Å². The topological polar surface area (TPSA) is 76.4 Å². The molecule has 1 saturated heterocycles. The van der Waals surface area contributed by atoms with Gasteiger partial charge in [0, 0.05) is 32.7 Å². The van der Waals surface area contributed by atoms with Crippen molar-refractivity contribution in [1.29, 1.82) is 0 Å². The maximum absolute atomic E-state index is 5.71. The van der Waals surface area contributed by atoms with Crippen LogP contribution < -0.4 is 10.6 Å². The van der Waals surface area contributed by atoms with E-state index in [1.165, 1.54) is 11.1 Å². The number of nitrogens with one attached hydrogen (secondary N) is 2. The van der Waals surface area contributed by atoms with Crippen molar-refractivity contribution in [3.63, 3.8) is 0 Å². The number of aromatic nitrogens is 3. The molecule has 1 aliphatic rings. The fourth-order valence-corrected chi connectivity index (χ4v) is 3.09. The summed E-state index contributed by atoms with van der Waals surface area (Å²) in [7, 11) is 0. The van der Waals surface area contributed by atoms with Gasteiger partial charge < -0.3 is 19.9 Å². The van der Waals surface area contributed by atoms with Crippen LogP contribution in [0.3, 0.4) is 0 Å². The Morgan fingerprint density at radius 3 is 2.89 bits per heavy atom. The van der Waals surface area contributed by atoms with Gasteiger partial charge in [-0.2, -0.15) is 0 Å². The van der Waals surface area contributed by atoms with Gasteiger partial charge >= 0.3 is 0 Å². The molecule has 0 aliphatic carbocycles. The first kappa shape index (κ1) is 19.4. The minimum atomic E-state index is 0.279. The summed E-state index contributed by atoms with van der Waals surface area (Å²) < 4.78 is 7.78. The van der Waals surface area contributed by atoms with Crippen molar-refractivity contribution < 1.29 is 4.74 Å². The van der Waals surface area contributed by atoms with Gasteiger partial charge in [0.15, 0.2) is 5.96 Å². The largest absolute Gasteiger partial charge is 0.376 e. The van der Waals surface area contributed by atoms with Crippen LogP contribution in [0.15, 0.2) is 35.6 Å². The maximum Gasteiger partial charge on any atom is 0.191 e. The van der Waals surface area contributed by atoms with Gasteiger partial charge in [-0.1, -0.05) is 36.8 Å².